The molecule has 1 aromatic heterocycles. The number of aliphatic hydroxyl groups excluding tert-OH is 1. The first-order valence-corrected chi connectivity index (χ1v) is 11.0. The van der Waals surface area contributed by atoms with Gasteiger partial charge in [-0.2, -0.15) is 4.98 Å². The Morgan fingerprint density at radius 2 is 2.18 bits per heavy atom. The van der Waals surface area contributed by atoms with Crippen LogP contribution in [-0.4, -0.2) is 54.0 Å². The lowest BCUT2D eigenvalue weighted by molar-refractivity contribution is -0.117. The average molecular weight is 473 g/mol. The zero-order valence-electron chi connectivity index (χ0n) is 18.8. The Hall–Kier alpha value is -3.01. The third-order valence-electron chi connectivity index (χ3n) is 5.37. The van der Waals surface area contributed by atoms with Gasteiger partial charge in [0.1, 0.15) is 11.5 Å². The van der Waals surface area contributed by atoms with Crippen molar-refractivity contribution in [3.8, 4) is 0 Å². The fraction of sp³-hybridized carbons (Fsp3) is 0.391. The minimum absolute atomic E-state index is 0.127. The first kappa shape index (κ1) is 24.6. The Bertz CT molecular complexity index is 1020. The summed E-state index contributed by atoms with van der Waals surface area (Å²) in [4.78, 5) is 27.3. The van der Waals surface area contributed by atoms with Crippen LogP contribution in [0, 0.1) is 6.92 Å². The molecule has 33 heavy (non-hydrogen) atoms. The van der Waals surface area contributed by atoms with E-state index in [1.807, 2.05) is 6.92 Å². The number of aryl methyl sites for hydroxylation is 1. The van der Waals surface area contributed by atoms with Gasteiger partial charge in [0.2, 0.25) is 5.95 Å². The molecule has 1 amide bonds. The zero-order chi connectivity index (χ0) is 23.8. The largest absolute Gasteiger partial charge is 0.392 e. The van der Waals surface area contributed by atoms with Crippen molar-refractivity contribution in [1.29, 1.82) is 0 Å². The van der Waals surface area contributed by atoms with Crippen LogP contribution in [0.5, 0.6) is 0 Å². The van der Waals surface area contributed by atoms with Crippen LogP contribution in [0.3, 0.4) is 0 Å². The number of hydrogen-bond donors (Lipinski definition) is 3. The highest BCUT2D eigenvalue weighted by Crippen LogP contribution is 2.21. The molecule has 1 aliphatic heterocycles. The van der Waals surface area contributed by atoms with Gasteiger partial charge in [0.25, 0.3) is 5.91 Å². The van der Waals surface area contributed by atoms with Gasteiger partial charge in [-0.1, -0.05) is 23.7 Å². The quantitative estimate of drug-likeness (QED) is 0.380. The zero-order valence-corrected chi connectivity index (χ0v) is 19.6. The summed E-state index contributed by atoms with van der Waals surface area (Å²) in [5.41, 5.74) is 2.28. The molecule has 2 aromatic rings. The van der Waals surface area contributed by atoms with Crippen LogP contribution in [-0.2, 0) is 22.7 Å². The Morgan fingerprint density at radius 1 is 1.42 bits per heavy atom. The molecule has 0 bridgehead atoms. The second-order valence-electron chi connectivity index (χ2n) is 7.73. The predicted octanol–water partition coefficient (Wildman–Crippen LogP) is 2.82. The van der Waals surface area contributed by atoms with Crippen molar-refractivity contribution in [2.75, 3.05) is 30.5 Å². The van der Waals surface area contributed by atoms with Crippen molar-refractivity contribution in [2.24, 2.45) is 4.99 Å². The summed E-state index contributed by atoms with van der Waals surface area (Å²) in [5, 5.41) is 16.1. The van der Waals surface area contributed by atoms with Crippen molar-refractivity contribution in [3.05, 3.63) is 58.0 Å². The number of nitrogens with zero attached hydrogens (tertiary/aromatic N) is 4. The van der Waals surface area contributed by atoms with Crippen molar-refractivity contribution in [1.82, 2.24) is 15.3 Å². The van der Waals surface area contributed by atoms with E-state index in [0.29, 0.717) is 22.4 Å². The van der Waals surface area contributed by atoms with Gasteiger partial charge in [-0.25, -0.2) is 4.98 Å². The summed E-state index contributed by atoms with van der Waals surface area (Å²) >= 11 is 6.12. The number of rotatable bonds is 9. The van der Waals surface area contributed by atoms with Gasteiger partial charge >= 0.3 is 0 Å². The molecule has 3 rings (SSSR count). The van der Waals surface area contributed by atoms with Crippen LogP contribution in [0.2, 0.25) is 5.02 Å². The number of aromatic nitrogens is 2. The molecule has 1 saturated heterocycles. The number of amides is 1. The minimum atomic E-state index is -0.409. The normalized spacial score (nSPS) is 14.6. The highest BCUT2D eigenvalue weighted by atomic mass is 35.5. The molecule has 0 spiro atoms. The molecule has 0 unspecified atom stereocenters. The van der Waals surface area contributed by atoms with Crippen molar-refractivity contribution < 1.29 is 14.6 Å². The van der Waals surface area contributed by atoms with Crippen LogP contribution in [0.1, 0.15) is 29.5 Å². The summed E-state index contributed by atoms with van der Waals surface area (Å²) < 4.78 is 5.39. The van der Waals surface area contributed by atoms with Crippen molar-refractivity contribution in [2.45, 2.75) is 39.0 Å². The van der Waals surface area contributed by atoms with Crippen LogP contribution < -0.4 is 15.5 Å². The first-order chi connectivity index (χ1) is 15.9. The summed E-state index contributed by atoms with van der Waals surface area (Å²) in [6.07, 6.45) is 5.11. The molecule has 1 aromatic carbocycles. The van der Waals surface area contributed by atoms with Crippen LogP contribution in [0.15, 0.2) is 41.3 Å². The molecule has 2 heterocycles. The third-order valence-corrected chi connectivity index (χ3v) is 5.72. The number of aliphatic hydroxyl groups is 1. The van der Waals surface area contributed by atoms with E-state index in [9.17, 15) is 9.90 Å². The van der Waals surface area contributed by atoms with Crippen molar-refractivity contribution in [3.63, 3.8) is 0 Å². The maximum absolute atomic E-state index is 12.7. The standard InChI is InChI=1S/C23H29ClN6O3/c1-15-11-27-23(28-17-7-9-33-10-8-17)29-21(15)30(3)13-20(25-2)22(32)26-12-16-5-4-6-19(24)18(16)14-31/h4-6,11,13,17,31H,2,7-10,12,14H2,1,3H3,(H,26,32)(H,27,28,29)/b20-13-. The SMILES string of the molecule is C=N/C(=C\N(C)c1nc(NC2CCOCC2)ncc1C)C(=O)NCc1cccc(Cl)c1CO. The van der Waals surface area contributed by atoms with E-state index in [0.717, 1.165) is 37.2 Å². The van der Waals surface area contributed by atoms with Gasteiger partial charge in [0.15, 0.2) is 0 Å². The topological polar surface area (TPSA) is 112 Å². The Morgan fingerprint density at radius 3 is 2.88 bits per heavy atom. The van der Waals surface area contributed by atoms with Gasteiger partial charge in [-0.15, -0.1) is 0 Å². The molecule has 176 valence electrons. The Balaban J connectivity index is 1.71. The molecule has 9 nitrogen and oxygen atoms in total. The van der Waals surface area contributed by atoms with E-state index < -0.39 is 5.91 Å². The second-order valence-corrected chi connectivity index (χ2v) is 8.14. The van der Waals surface area contributed by atoms with Gasteiger partial charge in [-0.3, -0.25) is 9.79 Å². The molecule has 10 heteroatoms. The van der Waals surface area contributed by atoms with Crippen LogP contribution in [0.4, 0.5) is 11.8 Å². The number of halogens is 1. The number of aliphatic imine (C=N–C) groups is 1. The van der Waals surface area contributed by atoms with E-state index in [-0.39, 0.29) is 24.9 Å². The van der Waals surface area contributed by atoms with E-state index in [1.54, 1.807) is 42.5 Å². The summed E-state index contributed by atoms with van der Waals surface area (Å²) in [7, 11) is 1.78. The number of carbonyl (C=O) groups is 1. The second kappa shape index (κ2) is 11.7. The van der Waals surface area contributed by atoms with Crippen molar-refractivity contribution >= 4 is 36.0 Å². The molecular formula is C23H29ClN6O3. The third kappa shape index (κ3) is 6.50. The van der Waals surface area contributed by atoms with Gasteiger partial charge in [-0.05, 0) is 38.1 Å². The molecule has 0 atom stereocenters. The number of nitrogens with one attached hydrogen (secondary N) is 2. The highest BCUT2D eigenvalue weighted by Gasteiger charge is 2.17. The molecule has 0 aliphatic carbocycles. The van der Waals surface area contributed by atoms with Gasteiger partial charge in [0.05, 0.1) is 6.61 Å². The number of anilines is 2. The maximum Gasteiger partial charge on any atom is 0.271 e. The van der Waals surface area contributed by atoms with Crippen LogP contribution >= 0.6 is 11.6 Å². The predicted molar refractivity (Wildman–Crippen MR) is 129 cm³/mol. The van der Waals surface area contributed by atoms with E-state index in [2.05, 4.69) is 32.3 Å². The molecule has 0 saturated carbocycles. The molecule has 1 aliphatic rings. The first-order valence-electron chi connectivity index (χ1n) is 10.7. The molecule has 1 fully saturated rings. The lowest BCUT2D eigenvalue weighted by atomic mass is 10.1. The average Bonchev–Trinajstić information content (AvgIpc) is 2.82. The Kier molecular flexibility index (Phi) is 8.76. The number of hydrogen-bond acceptors (Lipinski definition) is 8. The molecule has 0 radical (unpaired) electrons. The van der Waals surface area contributed by atoms with E-state index in [1.165, 1.54) is 0 Å². The molecule has 3 N–H and O–H groups in total. The number of ether oxygens (including phenoxy) is 1. The fourth-order valence-electron chi connectivity index (χ4n) is 3.51. The maximum atomic E-state index is 12.7. The smallest absolute Gasteiger partial charge is 0.271 e. The minimum Gasteiger partial charge on any atom is -0.392 e. The fourth-order valence-corrected chi connectivity index (χ4v) is 3.77. The van der Waals surface area contributed by atoms with Gasteiger partial charge < -0.3 is 25.4 Å². The summed E-state index contributed by atoms with van der Waals surface area (Å²) in [6, 6.07) is 5.52. The van der Waals surface area contributed by atoms with E-state index >= 15 is 0 Å². The molecular weight excluding hydrogens is 444 g/mol. The van der Waals surface area contributed by atoms with E-state index in [4.69, 9.17) is 16.3 Å². The monoisotopic (exact) mass is 472 g/mol. The highest BCUT2D eigenvalue weighted by molar-refractivity contribution is 6.31. The Labute approximate surface area is 198 Å². The number of benzene rings is 1. The summed E-state index contributed by atoms with van der Waals surface area (Å²) in [6.45, 7) is 6.84. The lowest BCUT2D eigenvalue weighted by Gasteiger charge is -2.24. The summed E-state index contributed by atoms with van der Waals surface area (Å²) in [5.74, 6) is 0.761. The number of carbonyl (C=O) groups excluding carboxylic acids is 1. The lowest BCUT2D eigenvalue weighted by Crippen LogP contribution is -2.29. The van der Waals surface area contributed by atoms with Gasteiger partial charge in [0, 0.05) is 61.4 Å². The van der Waals surface area contributed by atoms with Crippen LogP contribution in [0.25, 0.3) is 0 Å².